The summed E-state index contributed by atoms with van der Waals surface area (Å²) in [6.45, 7) is 4.59. The second-order valence-corrected chi connectivity index (χ2v) is 4.87. The predicted molar refractivity (Wildman–Crippen MR) is 61.1 cm³/mol. The van der Waals surface area contributed by atoms with E-state index in [9.17, 15) is 4.79 Å². The Morgan fingerprint density at radius 1 is 1.47 bits per heavy atom. The van der Waals surface area contributed by atoms with Gasteiger partial charge in [0.1, 0.15) is 0 Å². The fourth-order valence-electron chi connectivity index (χ4n) is 1.67. The number of halogens is 1. The second-order valence-electron chi connectivity index (χ2n) is 4.49. The van der Waals surface area contributed by atoms with Crippen molar-refractivity contribution in [2.75, 3.05) is 25.6 Å². The summed E-state index contributed by atoms with van der Waals surface area (Å²) in [5, 5.41) is 2.97. The zero-order valence-electron chi connectivity index (χ0n) is 9.35. The smallest absolute Gasteiger partial charge is 0.220 e. The van der Waals surface area contributed by atoms with Crippen LogP contribution in [0.5, 0.6) is 0 Å². The van der Waals surface area contributed by atoms with E-state index in [1.54, 1.807) is 0 Å². The molecular weight excluding hydrogens is 214 g/mol. The van der Waals surface area contributed by atoms with Gasteiger partial charge in [-0.25, -0.2) is 0 Å². The van der Waals surface area contributed by atoms with Gasteiger partial charge in [-0.15, -0.1) is 11.6 Å². The summed E-state index contributed by atoms with van der Waals surface area (Å²) in [6, 6.07) is 0. The fourth-order valence-corrected chi connectivity index (χ4v) is 1.80. The Balaban J connectivity index is 2.19. The highest BCUT2D eigenvalue weighted by molar-refractivity contribution is 6.17. The van der Waals surface area contributed by atoms with E-state index < -0.39 is 0 Å². The van der Waals surface area contributed by atoms with Crippen molar-refractivity contribution in [2.24, 2.45) is 5.41 Å². The number of carbonyl (C=O) groups is 1. The summed E-state index contributed by atoms with van der Waals surface area (Å²) in [7, 11) is 0. The lowest BCUT2D eigenvalue weighted by molar-refractivity contribution is -0.122. The van der Waals surface area contributed by atoms with Crippen LogP contribution in [0.2, 0.25) is 0 Å². The maximum atomic E-state index is 11.4. The minimum atomic E-state index is 0.114. The van der Waals surface area contributed by atoms with Gasteiger partial charge in [-0.3, -0.25) is 4.79 Å². The van der Waals surface area contributed by atoms with Crippen molar-refractivity contribution in [3.05, 3.63) is 0 Å². The lowest BCUT2D eigenvalue weighted by atomic mass is 9.82. The zero-order chi connectivity index (χ0) is 11.1. The van der Waals surface area contributed by atoms with Gasteiger partial charge in [-0.05, 0) is 24.7 Å². The summed E-state index contributed by atoms with van der Waals surface area (Å²) < 4.78 is 5.31. The highest BCUT2D eigenvalue weighted by Crippen LogP contribution is 2.28. The number of hydrogen-bond donors (Lipinski definition) is 1. The minimum absolute atomic E-state index is 0.114. The first kappa shape index (κ1) is 12.8. The Kier molecular flexibility index (Phi) is 5.40. The highest BCUT2D eigenvalue weighted by atomic mass is 35.5. The van der Waals surface area contributed by atoms with Crippen LogP contribution >= 0.6 is 11.6 Å². The number of alkyl halides is 1. The molecule has 1 aliphatic rings. The molecule has 0 spiro atoms. The van der Waals surface area contributed by atoms with Gasteiger partial charge in [0.05, 0.1) is 0 Å². The third-order valence-corrected chi connectivity index (χ3v) is 3.22. The topological polar surface area (TPSA) is 38.3 Å². The van der Waals surface area contributed by atoms with Crippen molar-refractivity contribution in [3.8, 4) is 0 Å². The number of carbonyl (C=O) groups excluding carboxylic acids is 1. The third kappa shape index (κ3) is 4.85. The molecule has 0 radical (unpaired) electrons. The van der Waals surface area contributed by atoms with Crippen LogP contribution in [0.3, 0.4) is 0 Å². The monoisotopic (exact) mass is 233 g/mol. The molecule has 0 aromatic rings. The minimum Gasteiger partial charge on any atom is -0.381 e. The van der Waals surface area contributed by atoms with E-state index in [2.05, 4.69) is 12.2 Å². The maximum Gasteiger partial charge on any atom is 0.220 e. The molecule has 0 aromatic heterocycles. The van der Waals surface area contributed by atoms with Gasteiger partial charge in [0.25, 0.3) is 0 Å². The van der Waals surface area contributed by atoms with Gasteiger partial charge in [0.2, 0.25) is 5.91 Å². The quantitative estimate of drug-likeness (QED) is 0.737. The number of ether oxygens (including phenoxy) is 1. The van der Waals surface area contributed by atoms with E-state index in [1.165, 1.54) is 0 Å². The van der Waals surface area contributed by atoms with Gasteiger partial charge < -0.3 is 10.1 Å². The van der Waals surface area contributed by atoms with Crippen LogP contribution < -0.4 is 5.32 Å². The van der Waals surface area contributed by atoms with Crippen LogP contribution in [-0.4, -0.2) is 31.5 Å². The molecule has 0 aliphatic carbocycles. The largest absolute Gasteiger partial charge is 0.381 e. The van der Waals surface area contributed by atoms with Gasteiger partial charge in [0.15, 0.2) is 0 Å². The molecule has 1 heterocycles. The van der Waals surface area contributed by atoms with Crippen molar-refractivity contribution in [1.29, 1.82) is 0 Å². The van der Waals surface area contributed by atoms with Crippen molar-refractivity contribution in [3.63, 3.8) is 0 Å². The molecule has 0 unspecified atom stereocenters. The summed E-state index contributed by atoms with van der Waals surface area (Å²) in [5.74, 6) is 0.668. The van der Waals surface area contributed by atoms with Gasteiger partial charge >= 0.3 is 0 Å². The Labute approximate surface area is 96.5 Å². The van der Waals surface area contributed by atoms with E-state index in [4.69, 9.17) is 16.3 Å². The second kappa shape index (κ2) is 6.33. The number of amides is 1. The molecule has 1 fully saturated rings. The van der Waals surface area contributed by atoms with E-state index in [1.807, 2.05) is 0 Å². The average molecular weight is 234 g/mol. The molecule has 15 heavy (non-hydrogen) atoms. The van der Waals surface area contributed by atoms with E-state index in [0.29, 0.717) is 12.3 Å². The molecule has 0 bridgehead atoms. The van der Waals surface area contributed by atoms with Crippen LogP contribution in [0.15, 0.2) is 0 Å². The number of hydrogen-bond acceptors (Lipinski definition) is 2. The van der Waals surface area contributed by atoms with Crippen LogP contribution in [0.1, 0.15) is 32.6 Å². The highest BCUT2D eigenvalue weighted by Gasteiger charge is 2.27. The van der Waals surface area contributed by atoms with Crippen molar-refractivity contribution in [2.45, 2.75) is 32.6 Å². The molecule has 88 valence electrons. The Morgan fingerprint density at radius 3 is 2.73 bits per heavy atom. The molecule has 1 aliphatic heterocycles. The van der Waals surface area contributed by atoms with E-state index in [0.717, 1.165) is 39.0 Å². The fraction of sp³-hybridized carbons (Fsp3) is 0.909. The summed E-state index contributed by atoms with van der Waals surface area (Å²) in [5.41, 5.74) is 0.217. The molecular formula is C11H20ClNO2. The van der Waals surface area contributed by atoms with Crippen LogP contribution in [0, 0.1) is 5.41 Å². The van der Waals surface area contributed by atoms with Crippen LogP contribution in [-0.2, 0) is 9.53 Å². The zero-order valence-corrected chi connectivity index (χ0v) is 10.1. The average Bonchev–Trinajstić information content (AvgIpc) is 2.25. The summed E-state index contributed by atoms with van der Waals surface area (Å²) in [6.07, 6.45) is 3.36. The van der Waals surface area contributed by atoms with Crippen LogP contribution in [0.25, 0.3) is 0 Å². The van der Waals surface area contributed by atoms with E-state index >= 15 is 0 Å². The molecule has 0 saturated carbocycles. The third-order valence-electron chi connectivity index (χ3n) is 2.95. The molecule has 0 atom stereocenters. The first-order valence-corrected chi connectivity index (χ1v) is 6.10. The van der Waals surface area contributed by atoms with Crippen molar-refractivity contribution >= 4 is 17.5 Å². The molecule has 4 heteroatoms. The van der Waals surface area contributed by atoms with E-state index in [-0.39, 0.29) is 11.3 Å². The first-order valence-electron chi connectivity index (χ1n) is 5.57. The molecule has 1 saturated heterocycles. The molecule has 1 rings (SSSR count). The SMILES string of the molecule is CC1(CNC(=O)CCCCl)CCOCC1. The van der Waals surface area contributed by atoms with Crippen molar-refractivity contribution < 1.29 is 9.53 Å². The van der Waals surface area contributed by atoms with Gasteiger partial charge in [-0.1, -0.05) is 6.92 Å². The Hall–Kier alpha value is -0.280. The Morgan fingerprint density at radius 2 is 2.13 bits per heavy atom. The van der Waals surface area contributed by atoms with Gasteiger partial charge in [0, 0.05) is 32.1 Å². The normalized spacial score (nSPS) is 19.9. The maximum absolute atomic E-state index is 11.4. The molecule has 1 amide bonds. The summed E-state index contributed by atoms with van der Waals surface area (Å²) in [4.78, 5) is 11.4. The van der Waals surface area contributed by atoms with Crippen molar-refractivity contribution in [1.82, 2.24) is 5.32 Å². The van der Waals surface area contributed by atoms with Crippen LogP contribution in [0.4, 0.5) is 0 Å². The molecule has 1 N–H and O–H groups in total. The molecule has 0 aromatic carbocycles. The summed E-state index contributed by atoms with van der Waals surface area (Å²) >= 11 is 5.53. The lowest BCUT2D eigenvalue weighted by Gasteiger charge is -2.33. The lowest BCUT2D eigenvalue weighted by Crippen LogP contribution is -2.39. The number of nitrogens with one attached hydrogen (secondary N) is 1. The Bertz CT molecular complexity index is 203. The standard InChI is InChI=1S/C11H20ClNO2/c1-11(4-7-15-8-5-11)9-13-10(14)3-2-6-12/h2-9H2,1H3,(H,13,14). The molecule has 3 nitrogen and oxygen atoms in total. The number of rotatable bonds is 5. The van der Waals surface area contributed by atoms with Gasteiger partial charge in [-0.2, -0.15) is 0 Å². The first-order chi connectivity index (χ1) is 7.16. The predicted octanol–water partition coefficient (Wildman–Crippen LogP) is 1.94.